The number of hydrogen-bond donors (Lipinski definition) is 1. The van der Waals surface area contributed by atoms with Crippen molar-refractivity contribution in [1.29, 1.82) is 0 Å². The van der Waals surface area contributed by atoms with Gasteiger partial charge in [0.05, 0.1) is 19.4 Å². The molecule has 152 valence electrons. The molecule has 0 aliphatic carbocycles. The smallest absolute Gasteiger partial charge is 0.343 e. The van der Waals surface area contributed by atoms with Gasteiger partial charge >= 0.3 is 5.97 Å². The summed E-state index contributed by atoms with van der Waals surface area (Å²) in [5.74, 6) is 1.39. The monoisotopic (exact) mass is 386 g/mol. The number of hydrogen-bond acceptors (Lipinski definition) is 6. The largest absolute Gasteiger partial charge is 0.481 e. The average molecular weight is 386 g/mol. The van der Waals surface area contributed by atoms with Crippen molar-refractivity contribution in [3.05, 3.63) is 53.0 Å². The Morgan fingerprint density at radius 1 is 1.25 bits per heavy atom. The van der Waals surface area contributed by atoms with E-state index in [9.17, 15) is 4.79 Å². The maximum atomic E-state index is 11.3. The molecule has 2 aromatic rings. The zero-order valence-electron chi connectivity index (χ0n) is 17.0. The first kappa shape index (κ1) is 20.4. The van der Waals surface area contributed by atoms with Gasteiger partial charge in [-0.05, 0) is 68.6 Å². The summed E-state index contributed by atoms with van der Waals surface area (Å²) in [6, 6.07) is 8.49. The summed E-state index contributed by atoms with van der Waals surface area (Å²) in [5, 5.41) is 3.58. The third-order valence-corrected chi connectivity index (χ3v) is 5.20. The molecule has 1 saturated heterocycles. The summed E-state index contributed by atoms with van der Waals surface area (Å²) < 4.78 is 15.9. The van der Waals surface area contributed by atoms with Crippen molar-refractivity contribution >= 4 is 5.97 Å². The Bertz CT molecular complexity index is 744. The van der Waals surface area contributed by atoms with E-state index in [-0.39, 0.29) is 18.6 Å². The molecule has 1 aliphatic heterocycles. The lowest BCUT2D eigenvalue weighted by molar-refractivity contribution is -0.142. The highest BCUT2D eigenvalue weighted by molar-refractivity contribution is 5.71. The van der Waals surface area contributed by atoms with E-state index in [1.165, 1.54) is 25.5 Å². The number of nitrogens with zero attached hydrogens (tertiary/aromatic N) is 1. The first-order chi connectivity index (χ1) is 13.6. The summed E-state index contributed by atoms with van der Waals surface area (Å²) in [5.41, 5.74) is 3.23. The van der Waals surface area contributed by atoms with Gasteiger partial charge in [0.1, 0.15) is 11.5 Å². The fourth-order valence-corrected chi connectivity index (χ4v) is 3.86. The predicted octanol–water partition coefficient (Wildman–Crippen LogP) is 3.37. The van der Waals surface area contributed by atoms with E-state index in [1.807, 2.05) is 19.9 Å². The molecule has 1 unspecified atom stereocenters. The van der Waals surface area contributed by atoms with Crippen molar-refractivity contribution in [2.45, 2.75) is 39.3 Å². The number of esters is 1. The normalized spacial score (nSPS) is 15.5. The van der Waals surface area contributed by atoms with E-state index >= 15 is 0 Å². The maximum Gasteiger partial charge on any atom is 0.343 e. The molecule has 1 atom stereocenters. The summed E-state index contributed by atoms with van der Waals surface area (Å²) >= 11 is 0. The molecule has 0 radical (unpaired) electrons. The molecule has 0 amide bonds. The highest BCUT2D eigenvalue weighted by Crippen LogP contribution is 2.26. The van der Waals surface area contributed by atoms with E-state index < -0.39 is 0 Å². The second-order valence-corrected chi connectivity index (χ2v) is 7.33. The number of carbonyl (C=O) groups is 1. The van der Waals surface area contributed by atoms with Gasteiger partial charge in [-0.2, -0.15) is 0 Å². The molecule has 1 N–H and O–H groups in total. The number of carbonyl (C=O) groups excluding carboxylic acids is 1. The van der Waals surface area contributed by atoms with Crippen LogP contribution in [0.1, 0.15) is 41.3 Å². The second-order valence-electron chi connectivity index (χ2n) is 7.33. The van der Waals surface area contributed by atoms with Crippen molar-refractivity contribution in [3.8, 4) is 5.75 Å². The van der Waals surface area contributed by atoms with Crippen molar-refractivity contribution in [3.63, 3.8) is 0 Å². The zero-order valence-corrected chi connectivity index (χ0v) is 17.0. The minimum absolute atomic E-state index is 0.0730. The standard InChI is InChI=1S/C22H30N2O4/c1-16-11-18(12-17(2)22(16)28-15-21(25)26-3)13-23-14-19(20-7-6-10-27-20)24-8-4-5-9-24/h6-7,10-12,19,23H,4-5,8-9,13-15H2,1-3H3. The van der Waals surface area contributed by atoms with Crippen LogP contribution in [0.25, 0.3) is 0 Å². The molecule has 28 heavy (non-hydrogen) atoms. The van der Waals surface area contributed by atoms with Gasteiger partial charge in [0.15, 0.2) is 6.61 Å². The minimum atomic E-state index is -0.379. The lowest BCUT2D eigenvalue weighted by atomic mass is 10.1. The Morgan fingerprint density at radius 3 is 2.57 bits per heavy atom. The van der Waals surface area contributed by atoms with Crippen LogP contribution in [0.5, 0.6) is 5.75 Å². The summed E-state index contributed by atoms with van der Waals surface area (Å²) in [6.45, 7) is 7.78. The molecule has 1 aromatic heterocycles. The van der Waals surface area contributed by atoms with Crippen molar-refractivity contribution in [1.82, 2.24) is 10.2 Å². The van der Waals surface area contributed by atoms with Gasteiger partial charge in [-0.15, -0.1) is 0 Å². The van der Waals surface area contributed by atoms with Crippen LogP contribution in [-0.4, -0.2) is 44.2 Å². The number of rotatable bonds is 9. The minimum Gasteiger partial charge on any atom is -0.481 e. The predicted molar refractivity (Wildman–Crippen MR) is 107 cm³/mol. The number of aryl methyl sites for hydroxylation is 2. The second kappa shape index (κ2) is 9.75. The summed E-state index contributed by atoms with van der Waals surface area (Å²) in [4.78, 5) is 13.8. The Morgan fingerprint density at radius 2 is 1.96 bits per heavy atom. The number of likely N-dealkylation sites (tertiary alicyclic amines) is 1. The first-order valence-electron chi connectivity index (χ1n) is 9.86. The molecule has 3 rings (SSSR count). The molecule has 2 heterocycles. The van der Waals surface area contributed by atoms with E-state index in [0.29, 0.717) is 0 Å². The third kappa shape index (κ3) is 5.14. The van der Waals surface area contributed by atoms with Crippen LogP contribution in [0.3, 0.4) is 0 Å². The molecule has 1 aromatic carbocycles. The summed E-state index contributed by atoms with van der Waals surface area (Å²) in [7, 11) is 1.36. The van der Waals surface area contributed by atoms with Crippen molar-refractivity contribution < 1.29 is 18.7 Å². The Kier molecular flexibility index (Phi) is 7.12. The van der Waals surface area contributed by atoms with Gasteiger partial charge < -0.3 is 19.2 Å². The Balaban J connectivity index is 1.59. The molecule has 0 saturated carbocycles. The van der Waals surface area contributed by atoms with E-state index in [1.54, 1.807) is 6.26 Å². The molecule has 0 bridgehead atoms. The number of nitrogens with one attached hydrogen (secondary N) is 1. The Hall–Kier alpha value is -2.31. The lowest BCUT2D eigenvalue weighted by Gasteiger charge is -2.26. The molecule has 1 aliphatic rings. The van der Waals surface area contributed by atoms with E-state index in [2.05, 4.69) is 33.2 Å². The molecular formula is C22H30N2O4. The SMILES string of the molecule is COC(=O)COc1c(C)cc(CNCC(c2ccco2)N2CCCC2)cc1C. The van der Waals surface area contributed by atoms with E-state index in [4.69, 9.17) is 9.15 Å². The molecule has 6 heteroatoms. The van der Waals surface area contributed by atoms with Crippen LogP contribution >= 0.6 is 0 Å². The highest BCUT2D eigenvalue weighted by atomic mass is 16.6. The van der Waals surface area contributed by atoms with Crippen LogP contribution in [0.2, 0.25) is 0 Å². The van der Waals surface area contributed by atoms with Gasteiger partial charge in [-0.25, -0.2) is 4.79 Å². The first-order valence-corrected chi connectivity index (χ1v) is 9.86. The molecular weight excluding hydrogens is 356 g/mol. The highest BCUT2D eigenvalue weighted by Gasteiger charge is 2.25. The van der Waals surface area contributed by atoms with Crippen molar-refractivity contribution in [2.24, 2.45) is 0 Å². The van der Waals surface area contributed by atoms with Crippen LogP contribution in [-0.2, 0) is 16.1 Å². The maximum absolute atomic E-state index is 11.3. The zero-order chi connectivity index (χ0) is 19.9. The number of ether oxygens (including phenoxy) is 2. The van der Waals surface area contributed by atoms with Gasteiger partial charge in [0.2, 0.25) is 0 Å². The third-order valence-electron chi connectivity index (χ3n) is 5.20. The van der Waals surface area contributed by atoms with Gasteiger partial charge in [-0.3, -0.25) is 4.90 Å². The van der Waals surface area contributed by atoms with Gasteiger partial charge in [0, 0.05) is 13.1 Å². The average Bonchev–Trinajstić information content (AvgIpc) is 3.38. The number of benzene rings is 1. The van der Waals surface area contributed by atoms with E-state index in [0.717, 1.165) is 48.8 Å². The van der Waals surface area contributed by atoms with Crippen LogP contribution < -0.4 is 10.1 Å². The lowest BCUT2D eigenvalue weighted by Crippen LogP contribution is -2.33. The van der Waals surface area contributed by atoms with Crippen LogP contribution in [0.4, 0.5) is 0 Å². The number of methoxy groups -OCH3 is 1. The molecule has 6 nitrogen and oxygen atoms in total. The topological polar surface area (TPSA) is 63.9 Å². The fourth-order valence-electron chi connectivity index (χ4n) is 3.86. The molecule has 1 fully saturated rings. The van der Waals surface area contributed by atoms with Gasteiger partial charge in [0.25, 0.3) is 0 Å². The van der Waals surface area contributed by atoms with Crippen LogP contribution in [0, 0.1) is 13.8 Å². The van der Waals surface area contributed by atoms with Crippen molar-refractivity contribution in [2.75, 3.05) is 33.4 Å². The quantitative estimate of drug-likeness (QED) is 0.667. The van der Waals surface area contributed by atoms with Gasteiger partial charge in [-0.1, -0.05) is 12.1 Å². The molecule has 0 spiro atoms. The summed E-state index contributed by atoms with van der Waals surface area (Å²) in [6.07, 6.45) is 4.25. The Labute approximate surface area is 166 Å². The van der Waals surface area contributed by atoms with Crippen LogP contribution in [0.15, 0.2) is 34.9 Å². The fraction of sp³-hybridized carbons (Fsp3) is 0.500. The number of furan rings is 1.